The van der Waals surface area contributed by atoms with Gasteiger partial charge >= 0.3 is 0 Å². The van der Waals surface area contributed by atoms with E-state index in [9.17, 15) is 4.39 Å². The minimum atomic E-state index is -0.678. The Balaban J connectivity index is 1.89. The molecule has 0 saturated carbocycles. The molecule has 0 saturated heterocycles. The van der Waals surface area contributed by atoms with Crippen LogP contribution in [-0.4, -0.2) is 16.9 Å². The van der Waals surface area contributed by atoms with E-state index in [2.05, 4.69) is 4.98 Å². The monoisotopic (exact) mass is 263 g/mol. The summed E-state index contributed by atoms with van der Waals surface area (Å²) in [6.45, 7) is -0.253. The molecule has 0 atom stereocenters. The van der Waals surface area contributed by atoms with Crippen LogP contribution in [0.25, 0.3) is 0 Å². The van der Waals surface area contributed by atoms with E-state index in [1.165, 1.54) is 12.3 Å². The molecule has 0 bridgehead atoms. The fourth-order valence-corrected chi connectivity index (χ4v) is 1.71. The smallest absolute Gasteiger partial charge is 0.256 e. The summed E-state index contributed by atoms with van der Waals surface area (Å²) in [5.41, 5.74) is 0.130. The maximum atomic E-state index is 13.8. The molecule has 0 radical (unpaired) electrons. The molecule has 3 rings (SSSR count). The number of benzene rings is 1. The van der Waals surface area contributed by atoms with Crippen molar-refractivity contribution in [2.75, 3.05) is 6.79 Å². The van der Waals surface area contributed by atoms with Crippen LogP contribution in [0.1, 0.15) is 5.56 Å². The molecule has 19 heavy (non-hydrogen) atoms. The van der Waals surface area contributed by atoms with Gasteiger partial charge in [-0.1, -0.05) is 0 Å². The van der Waals surface area contributed by atoms with Crippen LogP contribution in [0.15, 0.2) is 30.5 Å². The van der Waals surface area contributed by atoms with E-state index in [-0.39, 0.29) is 18.2 Å². The Morgan fingerprint density at radius 2 is 2.11 bits per heavy atom. The molecule has 1 aromatic heterocycles. The number of rotatable bonds is 3. The second-order valence-electron chi connectivity index (χ2n) is 3.86. The van der Waals surface area contributed by atoms with E-state index in [0.29, 0.717) is 17.2 Å². The molecular formula is C13H10FNO4. The van der Waals surface area contributed by atoms with Gasteiger partial charge in [0, 0.05) is 17.8 Å². The fourth-order valence-electron chi connectivity index (χ4n) is 1.71. The third-order valence-electron chi connectivity index (χ3n) is 2.67. The highest BCUT2D eigenvalue weighted by Crippen LogP contribution is 2.36. The first-order chi connectivity index (χ1) is 9.28. The Morgan fingerprint density at radius 3 is 2.95 bits per heavy atom. The lowest BCUT2D eigenvalue weighted by Gasteiger charge is -2.08. The van der Waals surface area contributed by atoms with E-state index < -0.39 is 12.4 Å². The maximum absolute atomic E-state index is 13.8. The van der Waals surface area contributed by atoms with Crippen molar-refractivity contribution >= 4 is 0 Å². The summed E-state index contributed by atoms with van der Waals surface area (Å²) >= 11 is 0. The SMILES string of the molecule is OCc1ccnc(Oc2ccc3c(c2)OCO3)c1F. The van der Waals surface area contributed by atoms with Crippen molar-refractivity contribution in [3.05, 3.63) is 41.8 Å². The lowest BCUT2D eigenvalue weighted by atomic mass is 10.2. The van der Waals surface area contributed by atoms with Crippen LogP contribution in [0.3, 0.4) is 0 Å². The summed E-state index contributed by atoms with van der Waals surface area (Å²) in [5, 5.41) is 8.98. The summed E-state index contributed by atoms with van der Waals surface area (Å²) in [7, 11) is 0. The predicted molar refractivity (Wildman–Crippen MR) is 62.8 cm³/mol. The third-order valence-corrected chi connectivity index (χ3v) is 2.67. The van der Waals surface area contributed by atoms with Crippen LogP contribution >= 0.6 is 0 Å². The summed E-state index contributed by atoms with van der Waals surface area (Å²) in [6.07, 6.45) is 1.37. The molecule has 0 aliphatic carbocycles. The quantitative estimate of drug-likeness (QED) is 0.920. The number of ether oxygens (including phenoxy) is 3. The van der Waals surface area contributed by atoms with Gasteiger partial charge in [-0.15, -0.1) is 0 Å². The summed E-state index contributed by atoms with van der Waals surface area (Å²) in [6, 6.07) is 6.28. The number of hydrogen-bond donors (Lipinski definition) is 1. The second-order valence-corrected chi connectivity index (χ2v) is 3.86. The molecule has 2 aromatic rings. The molecule has 1 aliphatic rings. The number of halogens is 1. The van der Waals surface area contributed by atoms with Crippen molar-refractivity contribution in [3.8, 4) is 23.1 Å². The van der Waals surface area contributed by atoms with E-state index in [0.717, 1.165) is 0 Å². The Hall–Kier alpha value is -2.34. The first-order valence-electron chi connectivity index (χ1n) is 5.59. The van der Waals surface area contributed by atoms with Gasteiger partial charge in [-0.05, 0) is 18.2 Å². The highest BCUT2D eigenvalue weighted by molar-refractivity contribution is 5.47. The van der Waals surface area contributed by atoms with Gasteiger partial charge in [0.05, 0.1) is 6.61 Å². The first-order valence-corrected chi connectivity index (χ1v) is 5.59. The highest BCUT2D eigenvalue weighted by Gasteiger charge is 2.16. The van der Waals surface area contributed by atoms with Gasteiger partial charge in [-0.25, -0.2) is 9.37 Å². The van der Waals surface area contributed by atoms with Crippen molar-refractivity contribution < 1.29 is 23.7 Å². The molecule has 5 nitrogen and oxygen atoms in total. The molecule has 0 unspecified atom stereocenters. The third kappa shape index (κ3) is 2.17. The Bertz CT molecular complexity index is 618. The molecule has 1 N–H and O–H groups in total. The molecule has 1 aliphatic heterocycles. The normalized spacial score (nSPS) is 12.5. The van der Waals surface area contributed by atoms with Gasteiger partial charge < -0.3 is 19.3 Å². The van der Waals surface area contributed by atoms with Crippen LogP contribution in [-0.2, 0) is 6.61 Å². The van der Waals surface area contributed by atoms with Crippen LogP contribution in [0.4, 0.5) is 4.39 Å². The number of fused-ring (bicyclic) bond motifs is 1. The Kier molecular flexibility index (Phi) is 2.92. The molecule has 2 heterocycles. The number of nitrogens with zero attached hydrogens (tertiary/aromatic N) is 1. The topological polar surface area (TPSA) is 60.8 Å². The number of aliphatic hydroxyl groups excluding tert-OH is 1. The number of aromatic nitrogens is 1. The maximum Gasteiger partial charge on any atom is 0.256 e. The molecule has 0 fully saturated rings. The predicted octanol–water partition coefficient (Wildman–Crippen LogP) is 2.23. The standard InChI is InChI=1S/C13H10FNO4/c14-12-8(6-16)3-4-15-13(12)19-9-1-2-10-11(5-9)18-7-17-10/h1-5,16H,6-7H2. The van der Waals surface area contributed by atoms with Gasteiger partial charge in [0.2, 0.25) is 6.79 Å². The zero-order valence-corrected chi connectivity index (χ0v) is 9.80. The fraction of sp³-hybridized carbons (Fsp3) is 0.154. The summed E-state index contributed by atoms with van der Waals surface area (Å²) in [4.78, 5) is 3.80. The summed E-state index contributed by atoms with van der Waals surface area (Å²) < 4.78 is 29.5. The lowest BCUT2D eigenvalue weighted by molar-refractivity contribution is 0.174. The van der Waals surface area contributed by atoms with Crippen molar-refractivity contribution in [2.45, 2.75) is 6.61 Å². The first kappa shape index (κ1) is 11.7. The van der Waals surface area contributed by atoms with Gasteiger partial charge in [0.25, 0.3) is 5.88 Å². The van der Waals surface area contributed by atoms with Crippen molar-refractivity contribution in [3.63, 3.8) is 0 Å². The minimum absolute atomic E-state index is 0.130. The van der Waals surface area contributed by atoms with Crippen LogP contribution in [0, 0.1) is 5.82 Å². The molecular weight excluding hydrogens is 253 g/mol. The van der Waals surface area contributed by atoms with Gasteiger partial charge in [-0.2, -0.15) is 0 Å². The molecule has 0 amide bonds. The lowest BCUT2D eigenvalue weighted by Crippen LogP contribution is -1.97. The average molecular weight is 263 g/mol. The van der Waals surface area contributed by atoms with E-state index in [1.54, 1.807) is 18.2 Å². The Labute approximate surface area is 108 Å². The van der Waals surface area contributed by atoms with Gasteiger partial charge in [-0.3, -0.25) is 0 Å². The van der Waals surface area contributed by atoms with Crippen LogP contribution in [0.5, 0.6) is 23.1 Å². The van der Waals surface area contributed by atoms with Crippen LogP contribution < -0.4 is 14.2 Å². The van der Waals surface area contributed by atoms with Crippen molar-refractivity contribution in [1.82, 2.24) is 4.98 Å². The molecule has 98 valence electrons. The van der Waals surface area contributed by atoms with Crippen molar-refractivity contribution in [2.24, 2.45) is 0 Å². The van der Waals surface area contributed by atoms with Crippen LogP contribution in [0.2, 0.25) is 0 Å². The largest absolute Gasteiger partial charge is 0.454 e. The Morgan fingerprint density at radius 1 is 1.26 bits per heavy atom. The van der Waals surface area contributed by atoms with Gasteiger partial charge in [0.1, 0.15) is 5.75 Å². The van der Waals surface area contributed by atoms with E-state index >= 15 is 0 Å². The zero-order chi connectivity index (χ0) is 13.2. The van der Waals surface area contributed by atoms with E-state index in [4.69, 9.17) is 19.3 Å². The molecule has 0 spiro atoms. The van der Waals surface area contributed by atoms with E-state index in [1.807, 2.05) is 0 Å². The summed E-state index contributed by atoms with van der Waals surface area (Å²) in [5.74, 6) is 0.667. The zero-order valence-electron chi connectivity index (χ0n) is 9.80. The number of aliphatic hydroxyl groups is 1. The molecule has 6 heteroatoms. The average Bonchev–Trinajstić information content (AvgIpc) is 2.88. The second kappa shape index (κ2) is 4.74. The van der Waals surface area contributed by atoms with Gasteiger partial charge in [0.15, 0.2) is 17.3 Å². The highest BCUT2D eigenvalue weighted by atomic mass is 19.1. The van der Waals surface area contributed by atoms with Crippen molar-refractivity contribution in [1.29, 1.82) is 0 Å². The number of hydrogen-bond acceptors (Lipinski definition) is 5. The minimum Gasteiger partial charge on any atom is -0.454 e. The molecule has 1 aromatic carbocycles. The number of pyridine rings is 1.